The van der Waals surface area contributed by atoms with Gasteiger partial charge in [0.1, 0.15) is 11.4 Å². The second kappa shape index (κ2) is 6.63. The largest absolute Gasteiger partial charge is 0.481 e. The van der Waals surface area contributed by atoms with Gasteiger partial charge in [-0.1, -0.05) is 24.3 Å². The smallest absolute Gasteiger partial charge is 0.213 e. The van der Waals surface area contributed by atoms with E-state index in [2.05, 4.69) is 10.3 Å². The Hall–Kier alpha value is -3.15. The topological polar surface area (TPSA) is 71.5 Å². The van der Waals surface area contributed by atoms with Crippen molar-refractivity contribution in [2.45, 2.75) is 12.8 Å². The molecule has 1 aromatic heterocycles. The highest BCUT2D eigenvalue weighted by Crippen LogP contribution is 2.31. The van der Waals surface area contributed by atoms with E-state index in [0.29, 0.717) is 34.1 Å². The molecule has 1 saturated heterocycles. The number of hydrogen-bond donors (Lipinski definition) is 1. The molecule has 4 rings (SSSR count). The molecule has 1 fully saturated rings. The van der Waals surface area contributed by atoms with Crippen LogP contribution in [0, 0.1) is 0 Å². The average molecular weight is 349 g/mol. The molecule has 6 nitrogen and oxygen atoms in total. The van der Waals surface area contributed by atoms with Crippen LogP contribution < -0.4 is 10.1 Å². The zero-order chi connectivity index (χ0) is 18.1. The lowest BCUT2D eigenvalue weighted by Crippen LogP contribution is -2.35. The van der Waals surface area contributed by atoms with Crippen LogP contribution in [0.25, 0.3) is 0 Å². The van der Waals surface area contributed by atoms with E-state index in [0.717, 1.165) is 25.9 Å². The SMILES string of the molecule is COc1ccc(NC2=C(N3CCCC3)C(=O)c3ccccc3C2=O)cn1. The number of methoxy groups -OCH3 is 1. The van der Waals surface area contributed by atoms with Crippen LogP contribution in [0.4, 0.5) is 5.69 Å². The summed E-state index contributed by atoms with van der Waals surface area (Å²) < 4.78 is 5.07. The predicted octanol–water partition coefficient (Wildman–Crippen LogP) is 2.89. The summed E-state index contributed by atoms with van der Waals surface area (Å²) >= 11 is 0. The number of anilines is 1. The molecule has 0 atom stereocenters. The summed E-state index contributed by atoms with van der Waals surface area (Å²) in [7, 11) is 1.55. The van der Waals surface area contributed by atoms with E-state index < -0.39 is 0 Å². The van der Waals surface area contributed by atoms with E-state index in [9.17, 15) is 9.59 Å². The van der Waals surface area contributed by atoms with E-state index >= 15 is 0 Å². The zero-order valence-corrected chi connectivity index (χ0v) is 14.5. The van der Waals surface area contributed by atoms with Gasteiger partial charge in [-0.15, -0.1) is 0 Å². The van der Waals surface area contributed by atoms with Crippen LogP contribution in [-0.4, -0.2) is 41.6 Å². The molecule has 6 heteroatoms. The van der Waals surface area contributed by atoms with Crippen molar-refractivity contribution in [3.63, 3.8) is 0 Å². The van der Waals surface area contributed by atoms with Crippen LogP contribution in [0.3, 0.4) is 0 Å². The van der Waals surface area contributed by atoms with E-state index in [-0.39, 0.29) is 11.6 Å². The number of ketones is 2. The van der Waals surface area contributed by atoms with Gasteiger partial charge >= 0.3 is 0 Å². The first kappa shape index (κ1) is 16.3. The number of aromatic nitrogens is 1. The van der Waals surface area contributed by atoms with Crippen LogP contribution in [0.2, 0.25) is 0 Å². The zero-order valence-electron chi connectivity index (χ0n) is 14.5. The third kappa shape index (κ3) is 2.73. The first-order valence-electron chi connectivity index (χ1n) is 8.64. The highest BCUT2D eigenvalue weighted by molar-refractivity contribution is 6.27. The van der Waals surface area contributed by atoms with Crippen molar-refractivity contribution in [2.75, 3.05) is 25.5 Å². The van der Waals surface area contributed by atoms with Gasteiger partial charge in [0, 0.05) is 30.3 Å². The fourth-order valence-electron chi connectivity index (χ4n) is 3.44. The second-order valence-corrected chi connectivity index (χ2v) is 6.34. The van der Waals surface area contributed by atoms with Crippen molar-refractivity contribution in [3.05, 3.63) is 65.1 Å². The van der Waals surface area contributed by atoms with Gasteiger partial charge in [0.25, 0.3) is 0 Å². The molecule has 0 bridgehead atoms. The Kier molecular flexibility index (Phi) is 4.16. The normalized spacial score (nSPS) is 16.7. The Morgan fingerprint density at radius 3 is 2.31 bits per heavy atom. The van der Waals surface area contributed by atoms with Gasteiger partial charge in [0.15, 0.2) is 0 Å². The quantitative estimate of drug-likeness (QED) is 0.915. The van der Waals surface area contributed by atoms with Crippen LogP contribution in [0.1, 0.15) is 33.6 Å². The number of hydrogen-bond acceptors (Lipinski definition) is 6. The summed E-state index contributed by atoms with van der Waals surface area (Å²) in [6.07, 6.45) is 3.62. The number of pyridine rings is 1. The third-order valence-corrected chi connectivity index (χ3v) is 4.73. The molecule has 1 aromatic carbocycles. The third-order valence-electron chi connectivity index (χ3n) is 4.73. The Balaban J connectivity index is 1.78. The van der Waals surface area contributed by atoms with Gasteiger partial charge in [0.2, 0.25) is 17.4 Å². The molecule has 26 heavy (non-hydrogen) atoms. The molecular formula is C20H19N3O3. The van der Waals surface area contributed by atoms with E-state index in [1.807, 2.05) is 4.90 Å². The van der Waals surface area contributed by atoms with Gasteiger partial charge in [-0.25, -0.2) is 4.98 Å². The molecule has 0 saturated carbocycles. The molecule has 2 heterocycles. The second-order valence-electron chi connectivity index (χ2n) is 6.34. The van der Waals surface area contributed by atoms with E-state index in [4.69, 9.17) is 4.74 Å². The number of ether oxygens (including phenoxy) is 1. The number of fused-ring (bicyclic) bond motifs is 1. The van der Waals surface area contributed by atoms with Gasteiger partial charge < -0.3 is 15.0 Å². The fraction of sp³-hybridized carbons (Fsp3) is 0.250. The molecule has 1 aliphatic carbocycles. The van der Waals surface area contributed by atoms with Crippen molar-refractivity contribution in [1.82, 2.24) is 9.88 Å². The number of carbonyl (C=O) groups excluding carboxylic acids is 2. The minimum Gasteiger partial charge on any atom is -0.481 e. The Morgan fingerprint density at radius 1 is 1.00 bits per heavy atom. The first-order valence-corrected chi connectivity index (χ1v) is 8.64. The van der Waals surface area contributed by atoms with E-state index in [1.165, 1.54) is 0 Å². The standard InChI is InChI=1S/C20H19N3O3/c1-26-16-9-8-13(12-21-16)22-17-18(23-10-4-5-11-23)20(25)15-7-3-2-6-14(15)19(17)24/h2-3,6-9,12,22H,4-5,10-11H2,1H3. The molecule has 2 aliphatic rings. The minimum absolute atomic E-state index is 0.105. The number of likely N-dealkylation sites (tertiary alicyclic amines) is 1. The summed E-state index contributed by atoms with van der Waals surface area (Å²) in [6, 6.07) is 10.5. The van der Waals surface area contributed by atoms with Crippen molar-refractivity contribution in [3.8, 4) is 5.88 Å². The number of rotatable bonds is 4. The van der Waals surface area contributed by atoms with Crippen LogP contribution in [-0.2, 0) is 0 Å². The fourth-order valence-corrected chi connectivity index (χ4v) is 3.44. The highest BCUT2D eigenvalue weighted by atomic mass is 16.5. The number of carbonyl (C=O) groups is 2. The Labute approximate surface area is 151 Å². The van der Waals surface area contributed by atoms with Crippen molar-refractivity contribution in [2.24, 2.45) is 0 Å². The molecular weight excluding hydrogens is 330 g/mol. The number of benzene rings is 1. The maximum absolute atomic E-state index is 13.1. The summed E-state index contributed by atoms with van der Waals surface area (Å²) in [4.78, 5) is 32.4. The van der Waals surface area contributed by atoms with Crippen molar-refractivity contribution in [1.29, 1.82) is 0 Å². The van der Waals surface area contributed by atoms with Crippen LogP contribution >= 0.6 is 0 Å². The lowest BCUT2D eigenvalue weighted by atomic mass is 9.89. The molecule has 2 aromatic rings. The lowest BCUT2D eigenvalue weighted by molar-refractivity contribution is 0.0948. The van der Waals surface area contributed by atoms with Gasteiger partial charge in [-0.3, -0.25) is 9.59 Å². The first-order chi connectivity index (χ1) is 12.7. The average Bonchev–Trinajstić information content (AvgIpc) is 3.21. The maximum atomic E-state index is 13.1. The summed E-state index contributed by atoms with van der Waals surface area (Å²) in [5, 5.41) is 3.13. The Morgan fingerprint density at radius 2 is 1.69 bits per heavy atom. The maximum Gasteiger partial charge on any atom is 0.213 e. The molecule has 0 unspecified atom stereocenters. The van der Waals surface area contributed by atoms with Gasteiger partial charge in [-0.05, 0) is 18.9 Å². The van der Waals surface area contributed by atoms with Crippen molar-refractivity contribution >= 4 is 17.3 Å². The number of Topliss-reactive ketones (excluding diaryl/α,β-unsaturated/α-hetero) is 2. The van der Waals surface area contributed by atoms with Crippen LogP contribution in [0.5, 0.6) is 5.88 Å². The number of nitrogens with zero attached hydrogens (tertiary/aromatic N) is 2. The molecule has 1 aliphatic heterocycles. The molecule has 0 radical (unpaired) electrons. The molecule has 132 valence electrons. The number of allylic oxidation sites excluding steroid dienone is 2. The lowest BCUT2D eigenvalue weighted by Gasteiger charge is -2.28. The summed E-state index contributed by atoms with van der Waals surface area (Å²) in [5.41, 5.74) is 2.32. The predicted molar refractivity (Wildman–Crippen MR) is 97.3 cm³/mol. The van der Waals surface area contributed by atoms with Gasteiger partial charge in [-0.2, -0.15) is 0 Å². The van der Waals surface area contributed by atoms with E-state index in [1.54, 1.807) is 49.7 Å². The molecule has 0 spiro atoms. The van der Waals surface area contributed by atoms with Crippen molar-refractivity contribution < 1.29 is 14.3 Å². The minimum atomic E-state index is -0.169. The van der Waals surface area contributed by atoms with Crippen LogP contribution in [0.15, 0.2) is 54.0 Å². The molecule has 0 amide bonds. The Bertz CT molecular complexity index is 897. The monoisotopic (exact) mass is 349 g/mol. The summed E-state index contributed by atoms with van der Waals surface area (Å²) in [6.45, 7) is 1.56. The van der Waals surface area contributed by atoms with Gasteiger partial charge in [0.05, 0.1) is 19.0 Å². The number of nitrogens with one attached hydrogen (secondary N) is 1. The molecule has 1 N–H and O–H groups in total. The summed E-state index contributed by atoms with van der Waals surface area (Å²) in [5.74, 6) is 0.213. The highest BCUT2D eigenvalue weighted by Gasteiger charge is 2.36.